The topological polar surface area (TPSA) is 167 Å². The number of anilines is 1. The number of nitrogens with two attached hydrogens (primary N) is 1. The van der Waals surface area contributed by atoms with E-state index in [9.17, 15) is 19.5 Å². The Morgan fingerprint density at radius 1 is 1.44 bits per heavy atom. The number of hydrogen-bond donors (Lipinski definition) is 4. The molecule has 3 aromatic heterocycles. The number of hydrogen-bond acceptors (Lipinski definition) is 9. The molecule has 12 nitrogen and oxygen atoms in total. The number of carbonyl (C=O) groups is 3. The van der Waals surface area contributed by atoms with Crippen molar-refractivity contribution in [3.63, 3.8) is 0 Å². The molecule has 2 atom stereocenters. The Kier molecular flexibility index (Phi) is 6.14. The third-order valence-electron chi connectivity index (χ3n) is 6.00. The second kappa shape index (κ2) is 9.28. The highest BCUT2D eigenvalue weighted by Gasteiger charge is 2.54. The summed E-state index contributed by atoms with van der Waals surface area (Å²) in [7, 11) is 1.29. The predicted molar refractivity (Wildman–Crippen MR) is 132 cm³/mol. The summed E-state index contributed by atoms with van der Waals surface area (Å²) in [5.41, 5.74) is 9.16. The molecule has 2 amide bonds. The molecule has 0 aromatic carbocycles. The fraction of sp³-hybridized carbons (Fsp3) is 0.273. The maximum atomic E-state index is 13.1. The van der Waals surface area contributed by atoms with Crippen LogP contribution in [0.25, 0.3) is 5.52 Å². The van der Waals surface area contributed by atoms with Crippen molar-refractivity contribution in [1.29, 1.82) is 0 Å². The zero-order chi connectivity index (χ0) is 25.6. The van der Waals surface area contributed by atoms with Gasteiger partial charge in [0.05, 0.1) is 11.3 Å². The van der Waals surface area contributed by atoms with Crippen LogP contribution in [-0.4, -0.2) is 67.9 Å². The molecular formula is C22H22N7O5S2+. The van der Waals surface area contributed by atoms with Gasteiger partial charge in [-0.05, 0) is 18.6 Å². The van der Waals surface area contributed by atoms with Crippen molar-refractivity contribution < 1.29 is 28.8 Å². The number of oxime groups is 1. The van der Waals surface area contributed by atoms with Gasteiger partial charge in [0, 0.05) is 29.7 Å². The predicted octanol–water partition coefficient (Wildman–Crippen LogP) is 0.432. The molecule has 1 saturated heterocycles. The molecule has 2 aliphatic heterocycles. The first kappa shape index (κ1) is 23.8. The minimum atomic E-state index is -1.18. The number of carbonyl (C=O) groups excluding carboxylic acids is 2. The third-order valence-corrected chi connectivity index (χ3v) is 8.01. The van der Waals surface area contributed by atoms with E-state index in [-0.39, 0.29) is 22.2 Å². The Balaban J connectivity index is 1.39. The van der Waals surface area contributed by atoms with E-state index < -0.39 is 29.2 Å². The average Bonchev–Trinajstić information content (AvgIpc) is 3.42. The average molecular weight is 529 g/mol. The van der Waals surface area contributed by atoms with Crippen molar-refractivity contribution in [1.82, 2.24) is 20.3 Å². The van der Waals surface area contributed by atoms with E-state index in [1.807, 2.05) is 35.8 Å². The van der Waals surface area contributed by atoms with E-state index in [4.69, 9.17) is 10.6 Å². The van der Waals surface area contributed by atoms with Gasteiger partial charge in [-0.2, -0.15) is 5.10 Å². The summed E-state index contributed by atoms with van der Waals surface area (Å²) in [4.78, 5) is 48.3. The van der Waals surface area contributed by atoms with Crippen LogP contribution < -0.4 is 15.6 Å². The lowest BCUT2D eigenvalue weighted by Crippen LogP contribution is -2.71. The molecule has 3 aromatic rings. The summed E-state index contributed by atoms with van der Waals surface area (Å²) >= 11 is 2.54. The number of nitrogens with zero attached hydrogens (tertiary/aromatic N) is 4. The smallest absolute Gasteiger partial charge is 0.352 e. The number of β-lactam (4-membered cyclic amide) rings is 1. The number of carboxylic acids is 1. The van der Waals surface area contributed by atoms with Gasteiger partial charge in [-0.15, -0.1) is 23.1 Å². The van der Waals surface area contributed by atoms with E-state index in [1.54, 1.807) is 5.38 Å². The number of aliphatic carboxylic acids is 1. The molecule has 5 N–H and O–H groups in total. The number of pyridine rings is 1. The van der Waals surface area contributed by atoms with Gasteiger partial charge in [-0.3, -0.25) is 14.5 Å². The van der Waals surface area contributed by atoms with Gasteiger partial charge in [-0.1, -0.05) is 9.67 Å². The maximum Gasteiger partial charge on any atom is 0.352 e. The lowest BCUT2D eigenvalue weighted by molar-refractivity contribution is -0.577. The highest BCUT2D eigenvalue weighted by atomic mass is 32.2. The Labute approximate surface area is 212 Å². The summed E-state index contributed by atoms with van der Waals surface area (Å²) in [6, 6.07) is 4.85. The maximum absolute atomic E-state index is 13.1. The summed E-state index contributed by atoms with van der Waals surface area (Å²) in [5.74, 6) is -1.96. The second-order valence-electron chi connectivity index (χ2n) is 8.16. The molecule has 0 spiro atoms. The zero-order valence-corrected chi connectivity index (χ0v) is 20.9. The van der Waals surface area contributed by atoms with E-state index >= 15 is 0 Å². The summed E-state index contributed by atoms with van der Waals surface area (Å²) in [5, 5.41) is 20.9. The number of H-pyrrole nitrogens is 1. The number of fused-ring (bicyclic) bond motifs is 2. The summed E-state index contributed by atoms with van der Waals surface area (Å²) in [6.45, 7) is 1.93. The Morgan fingerprint density at radius 3 is 2.94 bits per heavy atom. The van der Waals surface area contributed by atoms with Crippen LogP contribution in [0.5, 0.6) is 0 Å². The molecule has 5 rings (SSSR count). The lowest BCUT2D eigenvalue weighted by Gasteiger charge is -2.49. The third kappa shape index (κ3) is 3.97. The number of aromatic amines is 1. The largest absolute Gasteiger partial charge is 0.477 e. The molecule has 14 heteroatoms. The number of rotatable bonds is 7. The molecule has 0 unspecified atom stereocenters. The van der Waals surface area contributed by atoms with Gasteiger partial charge in [-0.25, -0.2) is 9.78 Å². The van der Waals surface area contributed by atoms with Gasteiger partial charge in [0.15, 0.2) is 10.8 Å². The SMILES string of the molecule is CO/N=C(\C(=O)N[C@@H]1C(=O)N2C(C(=O)O)=C(Cc3c(C)[nH][n+]4ccccc34)CS[C@H]12)c1csc(N)n1. The molecule has 36 heavy (non-hydrogen) atoms. The molecular weight excluding hydrogens is 506 g/mol. The first-order chi connectivity index (χ1) is 17.3. The Hall–Kier alpha value is -3.91. The number of amides is 2. The lowest BCUT2D eigenvalue weighted by atomic mass is 9.98. The van der Waals surface area contributed by atoms with Gasteiger partial charge in [0.2, 0.25) is 11.7 Å². The summed E-state index contributed by atoms with van der Waals surface area (Å²) < 4.78 is 1.87. The molecule has 0 saturated carbocycles. The van der Waals surface area contributed by atoms with Crippen LogP contribution in [0.1, 0.15) is 17.0 Å². The van der Waals surface area contributed by atoms with E-state index in [0.717, 1.165) is 28.1 Å². The molecule has 0 radical (unpaired) electrons. The molecule has 0 aliphatic carbocycles. The standard InChI is InChI=1S/C22H21N7O5S2/c1-10-12(14-5-3-4-6-28(14)26-10)7-11-8-35-20-16(19(31)29(20)17(11)21(32)33)25-18(30)15(27-34-2)13-9-36-22(23)24-13/h3-6,9,16,20H,7-8H2,1-2H3,(H4,23,24,25,30,32,33)/p+1/b27-15-/t16-,20-/m1/s1. The van der Waals surface area contributed by atoms with Crippen LogP contribution in [0.15, 0.2) is 46.2 Å². The van der Waals surface area contributed by atoms with Gasteiger partial charge in [0.25, 0.3) is 11.8 Å². The fourth-order valence-electron chi connectivity index (χ4n) is 4.38. The van der Waals surface area contributed by atoms with Crippen LogP contribution in [0, 0.1) is 6.92 Å². The quantitative estimate of drug-likeness (QED) is 0.148. The van der Waals surface area contributed by atoms with E-state index in [0.29, 0.717) is 17.7 Å². The van der Waals surface area contributed by atoms with Crippen LogP contribution in [0.2, 0.25) is 0 Å². The Bertz CT molecular complexity index is 1460. The van der Waals surface area contributed by atoms with Crippen LogP contribution in [-0.2, 0) is 25.6 Å². The number of nitrogens with one attached hydrogen (secondary N) is 2. The number of thioether (sulfide) groups is 1. The number of nitrogen functional groups attached to an aromatic ring is 1. The van der Waals surface area contributed by atoms with Crippen molar-refractivity contribution in [2.24, 2.45) is 5.16 Å². The Morgan fingerprint density at radius 2 is 2.25 bits per heavy atom. The van der Waals surface area contributed by atoms with Crippen LogP contribution in [0.4, 0.5) is 5.13 Å². The first-order valence-electron chi connectivity index (χ1n) is 10.8. The fourth-order valence-corrected chi connectivity index (χ4v) is 6.28. The molecule has 186 valence electrons. The highest BCUT2D eigenvalue weighted by Crippen LogP contribution is 2.41. The van der Waals surface area contributed by atoms with Crippen LogP contribution >= 0.6 is 23.1 Å². The van der Waals surface area contributed by atoms with Gasteiger partial charge in [0.1, 0.15) is 29.9 Å². The minimum Gasteiger partial charge on any atom is -0.477 e. The van der Waals surface area contributed by atoms with Crippen molar-refractivity contribution in [3.8, 4) is 0 Å². The molecule has 5 heterocycles. The molecule has 0 bridgehead atoms. The van der Waals surface area contributed by atoms with Crippen molar-refractivity contribution >= 4 is 57.2 Å². The molecule has 2 aliphatic rings. The number of aromatic nitrogens is 3. The van der Waals surface area contributed by atoms with Gasteiger partial charge >= 0.3 is 5.97 Å². The second-order valence-corrected chi connectivity index (χ2v) is 10.2. The number of thiazole rings is 1. The van der Waals surface area contributed by atoms with Crippen LogP contribution in [0.3, 0.4) is 0 Å². The number of carboxylic acid groups (broad SMARTS) is 1. The number of aryl methyl sites for hydroxylation is 1. The van der Waals surface area contributed by atoms with Gasteiger partial charge < -0.3 is 21.0 Å². The van der Waals surface area contributed by atoms with E-state index in [1.165, 1.54) is 23.8 Å². The minimum absolute atomic E-state index is 0.0398. The molecule has 1 fully saturated rings. The summed E-state index contributed by atoms with van der Waals surface area (Å²) in [6.07, 6.45) is 2.26. The van der Waals surface area contributed by atoms with E-state index in [2.05, 4.69) is 20.6 Å². The monoisotopic (exact) mass is 528 g/mol. The highest BCUT2D eigenvalue weighted by molar-refractivity contribution is 8.00. The van der Waals surface area contributed by atoms with Crippen molar-refractivity contribution in [3.05, 3.63) is 58.0 Å². The van der Waals surface area contributed by atoms with Crippen molar-refractivity contribution in [2.45, 2.75) is 24.8 Å². The zero-order valence-electron chi connectivity index (χ0n) is 19.2. The normalized spacial score (nSPS) is 19.8. The first-order valence-corrected chi connectivity index (χ1v) is 12.7. The van der Waals surface area contributed by atoms with Crippen molar-refractivity contribution in [2.75, 3.05) is 18.6 Å².